The van der Waals surface area contributed by atoms with Crippen LogP contribution in [-0.4, -0.2) is 13.0 Å². The number of ether oxygens (including phenoxy) is 1. The summed E-state index contributed by atoms with van der Waals surface area (Å²) < 4.78 is 5.74. The van der Waals surface area contributed by atoms with Crippen molar-refractivity contribution in [2.24, 2.45) is 0 Å². The number of methoxy groups -OCH3 is 1. The number of para-hydroxylation sites is 2. The Morgan fingerprint density at radius 1 is 1.29 bits per heavy atom. The van der Waals surface area contributed by atoms with Crippen LogP contribution in [0.25, 0.3) is 0 Å². The van der Waals surface area contributed by atoms with Gasteiger partial charge >= 0.3 is 0 Å². The minimum absolute atomic E-state index is 0.189. The van der Waals surface area contributed by atoms with Crippen molar-refractivity contribution in [2.75, 3.05) is 12.4 Å². The van der Waals surface area contributed by atoms with Crippen LogP contribution in [0.4, 0.5) is 5.69 Å². The molecule has 0 saturated heterocycles. The lowest BCUT2D eigenvalue weighted by Gasteiger charge is -2.08. The number of anilines is 1. The predicted molar refractivity (Wildman–Crippen MR) is 70.3 cm³/mol. The summed E-state index contributed by atoms with van der Waals surface area (Å²) in [7, 11) is 1.56. The molecule has 0 radical (unpaired) electrons. The van der Waals surface area contributed by atoms with Gasteiger partial charge in [0.15, 0.2) is 0 Å². The average molecular weight is 268 g/mol. The summed E-state index contributed by atoms with van der Waals surface area (Å²) in [5.41, 5.74) is 0.643. The number of carbonyl (C=O) groups is 1. The van der Waals surface area contributed by atoms with Gasteiger partial charge in [0.05, 0.1) is 22.0 Å². The molecule has 0 aliphatic rings. The Kier molecular flexibility index (Phi) is 3.66. The molecule has 0 spiro atoms. The van der Waals surface area contributed by atoms with Gasteiger partial charge in [0, 0.05) is 0 Å². The molecule has 0 bridgehead atoms. The van der Waals surface area contributed by atoms with E-state index < -0.39 is 0 Å². The molecular formula is C12H10ClNO2S. The molecule has 0 aliphatic heterocycles. The quantitative estimate of drug-likeness (QED) is 0.922. The third-order valence-corrected chi connectivity index (χ3v) is 3.38. The van der Waals surface area contributed by atoms with E-state index in [0.717, 1.165) is 0 Å². The highest BCUT2D eigenvalue weighted by molar-refractivity contribution is 7.18. The number of thiophene rings is 1. The second kappa shape index (κ2) is 5.21. The largest absolute Gasteiger partial charge is 0.495 e. The van der Waals surface area contributed by atoms with Gasteiger partial charge in [0.1, 0.15) is 5.75 Å². The fourth-order valence-electron chi connectivity index (χ4n) is 1.37. The minimum atomic E-state index is -0.189. The summed E-state index contributed by atoms with van der Waals surface area (Å²) >= 11 is 7.02. The number of hydrogen-bond donors (Lipinski definition) is 1. The Labute approximate surface area is 108 Å². The Morgan fingerprint density at radius 3 is 2.71 bits per heavy atom. The standard InChI is InChI=1S/C12H10ClNO2S/c1-16-9-5-3-2-4-8(9)14-12(15)10-6-7-11(13)17-10/h2-7H,1H3,(H,14,15). The maximum absolute atomic E-state index is 11.9. The molecule has 1 N–H and O–H groups in total. The van der Waals surface area contributed by atoms with Gasteiger partial charge in [-0.15, -0.1) is 11.3 Å². The molecule has 0 aliphatic carbocycles. The highest BCUT2D eigenvalue weighted by atomic mass is 35.5. The minimum Gasteiger partial charge on any atom is -0.495 e. The van der Waals surface area contributed by atoms with Gasteiger partial charge in [0.25, 0.3) is 5.91 Å². The number of hydrogen-bond acceptors (Lipinski definition) is 3. The van der Waals surface area contributed by atoms with Crippen molar-refractivity contribution in [1.82, 2.24) is 0 Å². The molecule has 1 aromatic heterocycles. The summed E-state index contributed by atoms with van der Waals surface area (Å²) in [6.45, 7) is 0. The summed E-state index contributed by atoms with van der Waals surface area (Å²) in [6.07, 6.45) is 0. The zero-order valence-electron chi connectivity index (χ0n) is 9.07. The smallest absolute Gasteiger partial charge is 0.265 e. The number of rotatable bonds is 3. The molecule has 0 atom stereocenters. The lowest BCUT2D eigenvalue weighted by atomic mass is 10.3. The first-order valence-electron chi connectivity index (χ1n) is 4.90. The topological polar surface area (TPSA) is 38.3 Å². The van der Waals surface area contributed by atoms with Crippen molar-refractivity contribution >= 4 is 34.5 Å². The molecule has 1 heterocycles. The number of halogens is 1. The van der Waals surface area contributed by atoms with Crippen LogP contribution in [0.15, 0.2) is 36.4 Å². The zero-order valence-corrected chi connectivity index (χ0v) is 10.6. The molecular weight excluding hydrogens is 258 g/mol. The van der Waals surface area contributed by atoms with Crippen LogP contribution in [0.2, 0.25) is 4.34 Å². The summed E-state index contributed by atoms with van der Waals surface area (Å²) in [5.74, 6) is 0.440. The van der Waals surface area contributed by atoms with Gasteiger partial charge in [-0.1, -0.05) is 23.7 Å². The molecule has 5 heteroatoms. The van der Waals surface area contributed by atoms with Crippen molar-refractivity contribution in [3.05, 3.63) is 45.6 Å². The lowest BCUT2D eigenvalue weighted by Crippen LogP contribution is -2.10. The SMILES string of the molecule is COc1ccccc1NC(=O)c1ccc(Cl)s1. The van der Waals surface area contributed by atoms with E-state index in [1.54, 1.807) is 31.4 Å². The Morgan fingerprint density at radius 2 is 2.06 bits per heavy atom. The van der Waals surface area contributed by atoms with Crippen LogP contribution in [0, 0.1) is 0 Å². The highest BCUT2D eigenvalue weighted by Gasteiger charge is 2.11. The third kappa shape index (κ3) is 2.78. The van der Waals surface area contributed by atoms with Crippen LogP contribution in [0.3, 0.4) is 0 Å². The van der Waals surface area contributed by atoms with E-state index in [2.05, 4.69) is 5.32 Å². The summed E-state index contributed by atoms with van der Waals surface area (Å²) in [6, 6.07) is 10.6. The second-order valence-electron chi connectivity index (χ2n) is 3.26. The van der Waals surface area contributed by atoms with Crippen molar-refractivity contribution in [1.29, 1.82) is 0 Å². The first-order valence-corrected chi connectivity index (χ1v) is 6.10. The van der Waals surface area contributed by atoms with Crippen LogP contribution < -0.4 is 10.1 Å². The van der Waals surface area contributed by atoms with E-state index in [9.17, 15) is 4.79 Å². The summed E-state index contributed by atoms with van der Waals surface area (Å²) in [4.78, 5) is 12.5. The third-order valence-electron chi connectivity index (χ3n) is 2.15. The maximum Gasteiger partial charge on any atom is 0.265 e. The molecule has 0 fully saturated rings. The van der Waals surface area contributed by atoms with Crippen LogP contribution in [-0.2, 0) is 0 Å². The van der Waals surface area contributed by atoms with E-state index in [1.807, 2.05) is 12.1 Å². The first-order chi connectivity index (χ1) is 8.20. The Hall–Kier alpha value is -1.52. The van der Waals surface area contributed by atoms with Crippen LogP contribution in [0.1, 0.15) is 9.67 Å². The van der Waals surface area contributed by atoms with Crippen molar-refractivity contribution in [3.63, 3.8) is 0 Å². The van der Waals surface area contributed by atoms with E-state index in [1.165, 1.54) is 11.3 Å². The molecule has 2 rings (SSSR count). The van der Waals surface area contributed by atoms with Crippen LogP contribution in [0.5, 0.6) is 5.75 Å². The zero-order chi connectivity index (χ0) is 12.3. The van der Waals surface area contributed by atoms with Gasteiger partial charge < -0.3 is 10.1 Å². The van der Waals surface area contributed by atoms with Gasteiger partial charge in [-0.05, 0) is 24.3 Å². The number of carbonyl (C=O) groups excluding carboxylic acids is 1. The fourth-order valence-corrected chi connectivity index (χ4v) is 2.31. The van der Waals surface area contributed by atoms with E-state index in [4.69, 9.17) is 16.3 Å². The Bertz CT molecular complexity index is 539. The monoisotopic (exact) mass is 267 g/mol. The first kappa shape index (κ1) is 12.0. The van der Waals surface area contributed by atoms with Gasteiger partial charge in [0.2, 0.25) is 0 Å². The molecule has 0 saturated carbocycles. The maximum atomic E-state index is 11.9. The number of benzene rings is 1. The number of amides is 1. The molecule has 2 aromatic rings. The second-order valence-corrected chi connectivity index (χ2v) is 4.97. The predicted octanol–water partition coefficient (Wildman–Crippen LogP) is 3.66. The van der Waals surface area contributed by atoms with E-state index in [0.29, 0.717) is 20.7 Å². The van der Waals surface area contributed by atoms with Crippen LogP contribution >= 0.6 is 22.9 Å². The highest BCUT2D eigenvalue weighted by Crippen LogP contribution is 2.26. The molecule has 1 amide bonds. The molecule has 1 aromatic carbocycles. The van der Waals surface area contributed by atoms with Gasteiger partial charge in [-0.3, -0.25) is 4.79 Å². The Balaban J connectivity index is 2.18. The number of nitrogens with one attached hydrogen (secondary N) is 1. The molecule has 88 valence electrons. The van der Waals surface area contributed by atoms with Gasteiger partial charge in [-0.25, -0.2) is 0 Å². The normalized spacial score (nSPS) is 10.0. The van der Waals surface area contributed by atoms with Crippen molar-refractivity contribution in [3.8, 4) is 5.75 Å². The lowest BCUT2D eigenvalue weighted by molar-refractivity contribution is 0.103. The molecule has 0 unspecified atom stereocenters. The van der Waals surface area contributed by atoms with E-state index >= 15 is 0 Å². The van der Waals surface area contributed by atoms with Crippen molar-refractivity contribution in [2.45, 2.75) is 0 Å². The molecule has 17 heavy (non-hydrogen) atoms. The van der Waals surface area contributed by atoms with E-state index in [-0.39, 0.29) is 5.91 Å². The van der Waals surface area contributed by atoms with Crippen molar-refractivity contribution < 1.29 is 9.53 Å². The average Bonchev–Trinajstić information content (AvgIpc) is 2.77. The summed E-state index contributed by atoms with van der Waals surface area (Å²) in [5, 5.41) is 2.78. The fraction of sp³-hybridized carbons (Fsp3) is 0.0833. The van der Waals surface area contributed by atoms with Gasteiger partial charge in [-0.2, -0.15) is 0 Å². The molecule has 3 nitrogen and oxygen atoms in total.